The van der Waals surface area contributed by atoms with Gasteiger partial charge in [0.1, 0.15) is 12.1 Å². The third-order valence-corrected chi connectivity index (χ3v) is 9.28. The Bertz CT molecular complexity index is 1050. The number of aliphatic hydroxyl groups excluding tert-OH is 1. The van der Waals surface area contributed by atoms with Crippen LogP contribution in [0, 0.1) is 0 Å². The Morgan fingerprint density at radius 1 is 0.574 bits per heavy atom. The van der Waals surface area contributed by atoms with Crippen molar-refractivity contribution in [1.82, 2.24) is 10.6 Å². The van der Waals surface area contributed by atoms with Gasteiger partial charge in [0, 0.05) is 12.8 Å². The highest BCUT2D eigenvalue weighted by atomic mass is 16.5. The lowest BCUT2D eigenvalue weighted by Gasteiger charge is -2.15. The average Bonchev–Trinajstić information content (AvgIpc) is 3.16. The van der Waals surface area contributed by atoms with Crippen LogP contribution in [-0.4, -0.2) is 59.3 Å². The number of esters is 1. The fourth-order valence-corrected chi connectivity index (χ4v) is 5.91. The normalized spacial score (nSPS) is 12.9. The number of carbonyl (C=O) groups excluding carboxylic acids is 3. The molecule has 4 N–H and O–H groups in total. The molecule has 0 rings (SSSR count). The lowest BCUT2D eigenvalue weighted by Crippen LogP contribution is -2.47. The molecule has 0 spiro atoms. The Labute approximate surface area is 328 Å². The van der Waals surface area contributed by atoms with E-state index in [9.17, 15) is 19.2 Å². The van der Waals surface area contributed by atoms with Crippen molar-refractivity contribution in [3.63, 3.8) is 0 Å². The van der Waals surface area contributed by atoms with Crippen LogP contribution in [0.1, 0.15) is 187 Å². The van der Waals surface area contributed by atoms with Crippen molar-refractivity contribution >= 4 is 23.8 Å². The number of unbranched alkanes of at least 4 members (excludes halogenated alkanes) is 18. The number of carboxylic acids is 1. The zero-order valence-corrected chi connectivity index (χ0v) is 34.2. The first kappa shape index (κ1) is 50.8. The van der Waals surface area contributed by atoms with Gasteiger partial charge in [-0.3, -0.25) is 14.4 Å². The first-order valence-corrected chi connectivity index (χ1v) is 21.5. The summed E-state index contributed by atoms with van der Waals surface area (Å²) in [5, 5.41) is 22.5. The van der Waals surface area contributed by atoms with Gasteiger partial charge < -0.3 is 25.6 Å². The summed E-state index contributed by atoms with van der Waals surface area (Å²) in [5.74, 6) is -2.42. The first-order chi connectivity index (χ1) is 26.3. The molecule has 0 fully saturated rings. The molecule has 0 aliphatic heterocycles. The van der Waals surface area contributed by atoms with Crippen molar-refractivity contribution < 1.29 is 34.1 Å². The largest absolute Gasteiger partial charge is 0.480 e. The van der Waals surface area contributed by atoms with Crippen LogP contribution in [0.25, 0.3) is 0 Å². The Kier molecular flexibility index (Phi) is 37.2. The van der Waals surface area contributed by atoms with Crippen molar-refractivity contribution in [3.05, 3.63) is 48.6 Å². The predicted molar refractivity (Wildman–Crippen MR) is 222 cm³/mol. The molecule has 0 heterocycles. The van der Waals surface area contributed by atoms with Gasteiger partial charge in [0.15, 0.2) is 0 Å². The minimum Gasteiger partial charge on any atom is -0.480 e. The molecule has 0 aliphatic rings. The highest BCUT2D eigenvalue weighted by Gasteiger charge is 2.18. The van der Waals surface area contributed by atoms with Gasteiger partial charge in [0.25, 0.3) is 0 Å². The maximum atomic E-state index is 12.6. The van der Waals surface area contributed by atoms with E-state index in [0.29, 0.717) is 12.8 Å². The zero-order chi connectivity index (χ0) is 39.7. The van der Waals surface area contributed by atoms with Gasteiger partial charge in [0.05, 0.1) is 13.2 Å². The van der Waals surface area contributed by atoms with E-state index in [4.69, 9.17) is 14.9 Å². The molecule has 2 amide bonds. The number of rotatable bonds is 38. The van der Waals surface area contributed by atoms with Crippen molar-refractivity contribution in [3.8, 4) is 0 Å². The number of amides is 2. The standard InChI is InChI=1S/C45H78N2O7/c1-3-5-7-9-10-11-12-13-14-15-16-17-18-19-20-21-22-23-24-25-26-27-33-37-44(51)54-40(34-30-8-6-4-2)35-31-28-29-32-36-42(49)46-38-43(50)47-41(39-48)45(52)53/h12-13,15-16,18-19,30,34,40-41,48H,3-11,14,17,20-29,31-33,35-39H2,1-2H3,(H,46,49)(H,47,50)(H,52,53)/b13-12-,16-15-,19-18-,34-30-. The van der Waals surface area contributed by atoms with Crippen LogP contribution in [0.15, 0.2) is 48.6 Å². The van der Waals surface area contributed by atoms with E-state index in [-0.39, 0.29) is 30.9 Å². The Balaban J connectivity index is 3.96. The molecule has 0 aromatic rings. The van der Waals surface area contributed by atoms with Gasteiger partial charge in [-0.1, -0.05) is 146 Å². The van der Waals surface area contributed by atoms with E-state index in [1.807, 2.05) is 6.08 Å². The Morgan fingerprint density at radius 3 is 1.65 bits per heavy atom. The van der Waals surface area contributed by atoms with Crippen LogP contribution in [0.5, 0.6) is 0 Å². The average molecular weight is 759 g/mol. The summed E-state index contributed by atoms with van der Waals surface area (Å²) in [4.78, 5) is 47.3. The summed E-state index contributed by atoms with van der Waals surface area (Å²) in [6.07, 6.45) is 46.2. The van der Waals surface area contributed by atoms with E-state index in [2.05, 4.69) is 67.0 Å². The van der Waals surface area contributed by atoms with E-state index in [1.54, 1.807) is 0 Å². The molecular weight excluding hydrogens is 681 g/mol. The number of carboxylic acid groups (broad SMARTS) is 1. The molecule has 54 heavy (non-hydrogen) atoms. The third kappa shape index (κ3) is 35.8. The summed E-state index contributed by atoms with van der Waals surface area (Å²) in [6.45, 7) is 3.36. The van der Waals surface area contributed by atoms with Crippen LogP contribution < -0.4 is 10.6 Å². The molecule has 2 atom stereocenters. The first-order valence-electron chi connectivity index (χ1n) is 21.5. The maximum Gasteiger partial charge on any atom is 0.328 e. The molecule has 9 heteroatoms. The quantitative estimate of drug-likeness (QED) is 0.0279. The number of hydrogen-bond donors (Lipinski definition) is 4. The third-order valence-electron chi connectivity index (χ3n) is 9.28. The number of hydrogen-bond acceptors (Lipinski definition) is 6. The second kappa shape index (κ2) is 39.5. The zero-order valence-electron chi connectivity index (χ0n) is 34.2. The molecule has 0 aromatic heterocycles. The summed E-state index contributed by atoms with van der Waals surface area (Å²) >= 11 is 0. The monoisotopic (exact) mass is 759 g/mol. The molecule has 0 saturated heterocycles. The van der Waals surface area contributed by atoms with Gasteiger partial charge in [-0.25, -0.2) is 4.79 Å². The minimum absolute atomic E-state index is 0.126. The summed E-state index contributed by atoms with van der Waals surface area (Å²) in [6, 6.07) is -1.39. The molecule has 0 radical (unpaired) electrons. The lowest BCUT2D eigenvalue weighted by atomic mass is 10.1. The highest BCUT2D eigenvalue weighted by molar-refractivity contribution is 5.87. The Hall–Kier alpha value is -3.20. The molecule has 310 valence electrons. The van der Waals surface area contributed by atoms with Crippen molar-refractivity contribution in [2.75, 3.05) is 13.2 Å². The van der Waals surface area contributed by atoms with Crippen LogP contribution in [0.3, 0.4) is 0 Å². The van der Waals surface area contributed by atoms with Crippen molar-refractivity contribution in [1.29, 1.82) is 0 Å². The highest BCUT2D eigenvalue weighted by Crippen LogP contribution is 2.15. The second-order valence-electron chi connectivity index (χ2n) is 14.4. The fourth-order valence-electron chi connectivity index (χ4n) is 5.91. The number of aliphatic hydroxyl groups is 1. The van der Waals surface area contributed by atoms with E-state index >= 15 is 0 Å². The van der Waals surface area contributed by atoms with Gasteiger partial charge in [-0.15, -0.1) is 0 Å². The van der Waals surface area contributed by atoms with E-state index in [0.717, 1.165) is 83.5 Å². The second-order valence-corrected chi connectivity index (χ2v) is 14.4. The topological polar surface area (TPSA) is 142 Å². The molecule has 9 nitrogen and oxygen atoms in total. The van der Waals surface area contributed by atoms with Crippen molar-refractivity contribution in [2.24, 2.45) is 0 Å². The fraction of sp³-hybridized carbons (Fsp3) is 0.733. The van der Waals surface area contributed by atoms with Crippen molar-refractivity contribution in [2.45, 2.75) is 199 Å². The minimum atomic E-state index is -1.39. The number of aliphatic carboxylic acids is 1. The molecule has 0 bridgehead atoms. The number of carbonyl (C=O) groups is 4. The number of ether oxygens (including phenoxy) is 1. The Morgan fingerprint density at radius 2 is 1.07 bits per heavy atom. The van der Waals surface area contributed by atoms with Crippen LogP contribution >= 0.6 is 0 Å². The molecular formula is C45H78N2O7. The van der Waals surface area contributed by atoms with E-state index < -0.39 is 24.5 Å². The van der Waals surface area contributed by atoms with Gasteiger partial charge in [-0.05, 0) is 76.7 Å². The van der Waals surface area contributed by atoms with Crippen LogP contribution in [0.2, 0.25) is 0 Å². The predicted octanol–water partition coefficient (Wildman–Crippen LogP) is 10.4. The molecule has 0 aliphatic carbocycles. The maximum absolute atomic E-state index is 12.6. The van der Waals surface area contributed by atoms with Gasteiger partial charge >= 0.3 is 11.9 Å². The van der Waals surface area contributed by atoms with E-state index in [1.165, 1.54) is 70.6 Å². The molecule has 0 saturated carbocycles. The number of allylic oxidation sites excluding steroid dienone is 7. The summed E-state index contributed by atoms with van der Waals surface area (Å²) < 4.78 is 5.84. The molecule has 0 aromatic carbocycles. The smallest absolute Gasteiger partial charge is 0.328 e. The summed E-state index contributed by atoms with van der Waals surface area (Å²) in [7, 11) is 0. The SMILES string of the molecule is CCCC/C=C\C(CCCCCCC(=O)NCC(=O)NC(CO)C(=O)O)OC(=O)CCCCCCCCCC/C=C\C/C=C\C/C=C\CCCCCCC. The van der Waals surface area contributed by atoms with Gasteiger partial charge in [0.2, 0.25) is 11.8 Å². The van der Waals surface area contributed by atoms with Crippen LogP contribution in [-0.2, 0) is 23.9 Å². The summed E-state index contributed by atoms with van der Waals surface area (Å²) in [5.41, 5.74) is 0. The number of nitrogens with one attached hydrogen (secondary N) is 2. The molecule has 2 unspecified atom stereocenters. The van der Waals surface area contributed by atoms with Gasteiger partial charge in [-0.2, -0.15) is 0 Å². The lowest BCUT2D eigenvalue weighted by molar-refractivity contribution is -0.147. The van der Waals surface area contributed by atoms with Crippen LogP contribution in [0.4, 0.5) is 0 Å².